The Morgan fingerprint density at radius 1 is 1.11 bits per heavy atom. The minimum absolute atomic E-state index is 0. The SMILES string of the molecule is Cl.NCC1(CC(=O)N2CCCOCC2)CCCCC1. The van der Waals surface area contributed by atoms with Crippen molar-refractivity contribution in [1.82, 2.24) is 4.90 Å². The summed E-state index contributed by atoms with van der Waals surface area (Å²) in [5.41, 5.74) is 6.04. The van der Waals surface area contributed by atoms with Crippen molar-refractivity contribution in [2.24, 2.45) is 11.1 Å². The minimum Gasteiger partial charge on any atom is -0.380 e. The number of nitrogens with two attached hydrogens (primary N) is 1. The molecule has 2 N–H and O–H groups in total. The number of hydrogen-bond donors (Lipinski definition) is 1. The second kappa shape index (κ2) is 8.08. The van der Waals surface area contributed by atoms with E-state index in [0.29, 0.717) is 19.6 Å². The summed E-state index contributed by atoms with van der Waals surface area (Å²) in [5, 5.41) is 0. The Bertz CT molecular complexity index is 273. The normalized spacial score (nSPS) is 23.3. The minimum atomic E-state index is 0. The molecule has 0 aromatic heterocycles. The standard InChI is InChI=1S/C14H26N2O2.ClH/c15-12-14(5-2-1-3-6-14)11-13(17)16-7-4-9-18-10-8-16;/h1-12,15H2;1H. The molecule has 19 heavy (non-hydrogen) atoms. The first-order valence-corrected chi connectivity index (χ1v) is 7.31. The van der Waals surface area contributed by atoms with E-state index >= 15 is 0 Å². The molecule has 1 saturated carbocycles. The Balaban J connectivity index is 0.00000180. The quantitative estimate of drug-likeness (QED) is 0.864. The molecule has 0 aromatic rings. The zero-order chi connectivity index (χ0) is 12.8. The van der Waals surface area contributed by atoms with Gasteiger partial charge >= 0.3 is 0 Å². The lowest BCUT2D eigenvalue weighted by Crippen LogP contribution is -2.41. The number of carbonyl (C=O) groups excluding carboxylic acids is 1. The highest BCUT2D eigenvalue weighted by Gasteiger charge is 2.34. The maximum Gasteiger partial charge on any atom is 0.223 e. The van der Waals surface area contributed by atoms with Gasteiger partial charge in [-0.3, -0.25) is 4.79 Å². The molecule has 5 heteroatoms. The predicted molar refractivity (Wildman–Crippen MR) is 78.5 cm³/mol. The Kier molecular flexibility index (Phi) is 7.11. The number of halogens is 1. The van der Waals surface area contributed by atoms with Crippen LogP contribution in [0.25, 0.3) is 0 Å². The lowest BCUT2D eigenvalue weighted by Gasteiger charge is -2.37. The van der Waals surface area contributed by atoms with Crippen LogP contribution in [-0.2, 0) is 9.53 Å². The molecule has 2 aliphatic rings. The Hall–Kier alpha value is -0.320. The van der Waals surface area contributed by atoms with Crippen molar-refractivity contribution in [2.45, 2.75) is 44.9 Å². The first kappa shape index (κ1) is 16.7. The van der Waals surface area contributed by atoms with E-state index in [1.54, 1.807) is 0 Å². The predicted octanol–water partition coefficient (Wildman–Crippen LogP) is 1.96. The van der Waals surface area contributed by atoms with E-state index in [-0.39, 0.29) is 23.7 Å². The van der Waals surface area contributed by atoms with Crippen LogP contribution in [0.5, 0.6) is 0 Å². The summed E-state index contributed by atoms with van der Waals surface area (Å²) in [6.07, 6.45) is 7.61. The molecular formula is C14H27ClN2O2. The van der Waals surface area contributed by atoms with Crippen LogP contribution < -0.4 is 5.73 Å². The van der Waals surface area contributed by atoms with Crippen molar-refractivity contribution in [3.05, 3.63) is 0 Å². The molecule has 1 heterocycles. The first-order chi connectivity index (χ1) is 8.76. The summed E-state index contributed by atoms with van der Waals surface area (Å²) in [7, 11) is 0. The molecule has 1 aliphatic heterocycles. The molecule has 112 valence electrons. The molecule has 2 rings (SSSR count). The largest absolute Gasteiger partial charge is 0.380 e. The van der Waals surface area contributed by atoms with Gasteiger partial charge in [0, 0.05) is 26.1 Å². The highest BCUT2D eigenvalue weighted by Crippen LogP contribution is 2.38. The van der Waals surface area contributed by atoms with Crippen LogP contribution in [0, 0.1) is 5.41 Å². The van der Waals surface area contributed by atoms with Gasteiger partial charge in [0.1, 0.15) is 0 Å². The molecule has 0 spiro atoms. The molecule has 0 unspecified atom stereocenters. The van der Waals surface area contributed by atoms with Gasteiger partial charge in [-0.25, -0.2) is 0 Å². The fourth-order valence-electron chi connectivity index (χ4n) is 3.18. The number of nitrogens with zero attached hydrogens (tertiary/aromatic N) is 1. The van der Waals surface area contributed by atoms with Gasteiger partial charge in [0.25, 0.3) is 0 Å². The molecule has 0 aromatic carbocycles. The topological polar surface area (TPSA) is 55.6 Å². The van der Waals surface area contributed by atoms with Gasteiger partial charge in [-0.05, 0) is 31.2 Å². The third-order valence-corrected chi connectivity index (χ3v) is 4.45. The first-order valence-electron chi connectivity index (χ1n) is 7.31. The third-order valence-electron chi connectivity index (χ3n) is 4.45. The molecule has 0 atom stereocenters. The second-order valence-electron chi connectivity index (χ2n) is 5.79. The highest BCUT2D eigenvalue weighted by molar-refractivity contribution is 5.85. The number of hydrogen-bond acceptors (Lipinski definition) is 3. The zero-order valence-corrected chi connectivity index (χ0v) is 12.6. The van der Waals surface area contributed by atoms with Crippen LogP contribution in [0.2, 0.25) is 0 Å². The van der Waals surface area contributed by atoms with Crippen LogP contribution in [0.1, 0.15) is 44.9 Å². The maximum absolute atomic E-state index is 12.4. The van der Waals surface area contributed by atoms with Crippen LogP contribution >= 0.6 is 12.4 Å². The van der Waals surface area contributed by atoms with E-state index in [1.165, 1.54) is 19.3 Å². The number of ether oxygens (including phenoxy) is 1. The second-order valence-corrected chi connectivity index (χ2v) is 5.79. The van der Waals surface area contributed by atoms with E-state index in [4.69, 9.17) is 10.5 Å². The van der Waals surface area contributed by atoms with Crippen molar-refractivity contribution in [3.63, 3.8) is 0 Å². The summed E-state index contributed by atoms with van der Waals surface area (Å²) in [6.45, 7) is 3.72. The summed E-state index contributed by atoms with van der Waals surface area (Å²) in [6, 6.07) is 0. The lowest BCUT2D eigenvalue weighted by molar-refractivity contribution is -0.134. The van der Waals surface area contributed by atoms with Crippen molar-refractivity contribution >= 4 is 18.3 Å². The molecule has 2 fully saturated rings. The summed E-state index contributed by atoms with van der Waals surface area (Å²) in [4.78, 5) is 14.4. The molecule has 1 saturated heterocycles. The van der Waals surface area contributed by atoms with Gasteiger partial charge in [-0.2, -0.15) is 0 Å². The highest BCUT2D eigenvalue weighted by atomic mass is 35.5. The van der Waals surface area contributed by atoms with E-state index in [9.17, 15) is 4.79 Å². The third kappa shape index (κ3) is 4.62. The molecule has 0 radical (unpaired) electrons. The van der Waals surface area contributed by atoms with Crippen molar-refractivity contribution in [2.75, 3.05) is 32.8 Å². The summed E-state index contributed by atoms with van der Waals surface area (Å²) in [5.74, 6) is 0.285. The summed E-state index contributed by atoms with van der Waals surface area (Å²) < 4.78 is 5.40. The average molecular weight is 291 g/mol. The van der Waals surface area contributed by atoms with Crippen LogP contribution in [0.4, 0.5) is 0 Å². The van der Waals surface area contributed by atoms with E-state index in [2.05, 4.69) is 0 Å². The molecular weight excluding hydrogens is 264 g/mol. The van der Waals surface area contributed by atoms with Gasteiger partial charge in [-0.15, -0.1) is 12.4 Å². The van der Waals surface area contributed by atoms with Crippen molar-refractivity contribution < 1.29 is 9.53 Å². The number of rotatable bonds is 3. The van der Waals surface area contributed by atoms with Crippen LogP contribution in [0.3, 0.4) is 0 Å². The van der Waals surface area contributed by atoms with Crippen LogP contribution in [0.15, 0.2) is 0 Å². The fraction of sp³-hybridized carbons (Fsp3) is 0.929. The Labute approximate surface area is 122 Å². The van der Waals surface area contributed by atoms with Crippen molar-refractivity contribution in [3.8, 4) is 0 Å². The molecule has 0 bridgehead atoms. The maximum atomic E-state index is 12.4. The number of amides is 1. The average Bonchev–Trinajstić information content (AvgIpc) is 2.68. The zero-order valence-electron chi connectivity index (χ0n) is 11.7. The van der Waals surface area contributed by atoms with Gasteiger partial charge in [0.2, 0.25) is 5.91 Å². The lowest BCUT2D eigenvalue weighted by atomic mass is 9.71. The van der Waals surface area contributed by atoms with Crippen molar-refractivity contribution in [1.29, 1.82) is 0 Å². The van der Waals surface area contributed by atoms with Gasteiger partial charge in [-0.1, -0.05) is 19.3 Å². The van der Waals surface area contributed by atoms with E-state index in [0.717, 1.165) is 39.0 Å². The monoisotopic (exact) mass is 290 g/mol. The molecule has 4 nitrogen and oxygen atoms in total. The van der Waals surface area contributed by atoms with E-state index in [1.807, 2.05) is 4.90 Å². The fourth-order valence-corrected chi connectivity index (χ4v) is 3.18. The van der Waals surface area contributed by atoms with Gasteiger partial charge in [0.15, 0.2) is 0 Å². The summed E-state index contributed by atoms with van der Waals surface area (Å²) >= 11 is 0. The van der Waals surface area contributed by atoms with Crippen LogP contribution in [-0.4, -0.2) is 43.7 Å². The van der Waals surface area contributed by atoms with Gasteiger partial charge < -0.3 is 15.4 Å². The van der Waals surface area contributed by atoms with E-state index < -0.39 is 0 Å². The van der Waals surface area contributed by atoms with Gasteiger partial charge in [0.05, 0.1) is 6.61 Å². The number of carbonyl (C=O) groups is 1. The Morgan fingerprint density at radius 2 is 1.84 bits per heavy atom. The smallest absolute Gasteiger partial charge is 0.223 e. The Morgan fingerprint density at radius 3 is 2.53 bits per heavy atom. The molecule has 1 amide bonds. The molecule has 1 aliphatic carbocycles.